The molecule has 0 aliphatic carbocycles. The van der Waals surface area contributed by atoms with Gasteiger partial charge in [-0.3, -0.25) is 9.59 Å². The van der Waals surface area contributed by atoms with Crippen LogP contribution in [-0.2, 0) is 4.79 Å². The molecule has 130 valence electrons. The van der Waals surface area contributed by atoms with Crippen molar-refractivity contribution in [3.63, 3.8) is 0 Å². The van der Waals surface area contributed by atoms with E-state index >= 15 is 0 Å². The zero-order valence-electron chi connectivity index (χ0n) is 12.9. The Morgan fingerprint density at radius 2 is 1.92 bits per heavy atom. The minimum Gasteiger partial charge on any atom is -0.503 e. The Morgan fingerprint density at radius 3 is 2.58 bits per heavy atom. The van der Waals surface area contributed by atoms with E-state index in [1.165, 1.54) is 4.90 Å². The maximum absolute atomic E-state index is 13.9. The van der Waals surface area contributed by atoms with Crippen LogP contribution in [0.25, 0.3) is 0 Å². The van der Waals surface area contributed by atoms with Gasteiger partial charge in [0.2, 0.25) is 11.7 Å². The molecule has 0 spiro atoms. The lowest BCUT2D eigenvalue weighted by Gasteiger charge is -2.37. The van der Waals surface area contributed by atoms with E-state index in [-0.39, 0.29) is 18.5 Å². The van der Waals surface area contributed by atoms with E-state index in [9.17, 15) is 27.9 Å². The van der Waals surface area contributed by atoms with Crippen molar-refractivity contribution in [2.45, 2.75) is 31.7 Å². The SMILES string of the molecule is O=C(c1cc(F)c(F)c(O)c1F)N1CCCC(N2CCCC2=O)C1. The number of hydrogen-bond acceptors (Lipinski definition) is 3. The zero-order chi connectivity index (χ0) is 17.4. The van der Waals surface area contributed by atoms with E-state index in [1.807, 2.05) is 0 Å². The van der Waals surface area contributed by atoms with Gasteiger partial charge in [-0.1, -0.05) is 0 Å². The first-order chi connectivity index (χ1) is 11.4. The number of phenolic OH excluding ortho intramolecular Hbond substituents is 1. The van der Waals surface area contributed by atoms with Crippen LogP contribution >= 0.6 is 0 Å². The monoisotopic (exact) mass is 342 g/mol. The molecule has 8 heteroatoms. The lowest BCUT2D eigenvalue weighted by Crippen LogP contribution is -2.50. The number of halogens is 3. The van der Waals surface area contributed by atoms with Crippen LogP contribution in [0.2, 0.25) is 0 Å². The van der Waals surface area contributed by atoms with Crippen molar-refractivity contribution >= 4 is 11.8 Å². The average Bonchev–Trinajstić information content (AvgIpc) is 3.02. The normalized spacial score (nSPS) is 21.5. The smallest absolute Gasteiger partial charge is 0.257 e. The molecule has 24 heavy (non-hydrogen) atoms. The van der Waals surface area contributed by atoms with Crippen LogP contribution in [0.5, 0.6) is 5.75 Å². The molecule has 2 saturated heterocycles. The molecule has 0 radical (unpaired) electrons. The number of phenols is 1. The molecule has 5 nitrogen and oxygen atoms in total. The molecule has 0 bridgehead atoms. The maximum atomic E-state index is 13.9. The number of carbonyl (C=O) groups excluding carboxylic acids is 2. The molecule has 1 unspecified atom stereocenters. The zero-order valence-corrected chi connectivity index (χ0v) is 12.9. The Bertz CT molecular complexity index is 696. The quantitative estimate of drug-likeness (QED) is 0.837. The van der Waals surface area contributed by atoms with Gasteiger partial charge in [-0.15, -0.1) is 0 Å². The fraction of sp³-hybridized carbons (Fsp3) is 0.500. The lowest BCUT2D eigenvalue weighted by molar-refractivity contribution is -0.130. The molecule has 1 aromatic rings. The summed E-state index contributed by atoms with van der Waals surface area (Å²) in [7, 11) is 0. The van der Waals surface area contributed by atoms with Crippen molar-refractivity contribution in [3.8, 4) is 5.75 Å². The van der Waals surface area contributed by atoms with Crippen molar-refractivity contribution in [2.24, 2.45) is 0 Å². The molecule has 2 fully saturated rings. The fourth-order valence-electron chi connectivity index (χ4n) is 3.37. The largest absolute Gasteiger partial charge is 0.503 e. The Balaban J connectivity index is 1.81. The summed E-state index contributed by atoms with van der Waals surface area (Å²) in [5.41, 5.74) is -0.709. The number of aromatic hydroxyl groups is 1. The topological polar surface area (TPSA) is 60.9 Å². The van der Waals surface area contributed by atoms with E-state index < -0.39 is 34.7 Å². The predicted octanol–water partition coefficient (Wildman–Crippen LogP) is 2.04. The van der Waals surface area contributed by atoms with Crippen LogP contribution in [0.1, 0.15) is 36.0 Å². The Hall–Kier alpha value is -2.25. The summed E-state index contributed by atoms with van der Waals surface area (Å²) >= 11 is 0. The van der Waals surface area contributed by atoms with Gasteiger partial charge in [0.05, 0.1) is 5.56 Å². The highest BCUT2D eigenvalue weighted by Crippen LogP contribution is 2.28. The van der Waals surface area contributed by atoms with E-state index in [4.69, 9.17) is 0 Å². The molecule has 0 saturated carbocycles. The van der Waals surface area contributed by atoms with Crippen molar-refractivity contribution in [2.75, 3.05) is 19.6 Å². The lowest BCUT2D eigenvalue weighted by atomic mass is 10.0. The molecule has 2 aliphatic rings. The fourth-order valence-corrected chi connectivity index (χ4v) is 3.37. The van der Waals surface area contributed by atoms with Crippen molar-refractivity contribution in [1.29, 1.82) is 0 Å². The first kappa shape index (κ1) is 16.6. The average molecular weight is 342 g/mol. The predicted molar refractivity (Wildman–Crippen MR) is 77.9 cm³/mol. The van der Waals surface area contributed by atoms with Gasteiger partial charge < -0.3 is 14.9 Å². The highest BCUT2D eigenvalue weighted by molar-refractivity contribution is 5.95. The third kappa shape index (κ3) is 2.81. The molecule has 1 aromatic carbocycles. The van der Waals surface area contributed by atoms with Gasteiger partial charge in [0.25, 0.3) is 5.91 Å². The molecule has 3 rings (SSSR count). The second-order valence-electron chi connectivity index (χ2n) is 6.12. The van der Waals surface area contributed by atoms with Crippen LogP contribution in [0.4, 0.5) is 13.2 Å². The van der Waals surface area contributed by atoms with E-state index in [2.05, 4.69) is 0 Å². The number of nitrogens with zero attached hydrogens (tertiary/aromatic N) is 2. The molecule has 1 N–H and O–H groups in total. The first-order valence-corrected chi connectivity index (χ1v) is 7.85. The summed E-state index contributed by atoms with van der Waals surface area (Å²) < 4.78 is 40.5. The third-order valence-electron chi connectivity index (χ3n) is 4.60. The van der Waals surface area contributed by atoms with E-state index in [1.54, 1.807) is 4.90 Å². The number of carbonyl (C=O) groups is 2. The van der Waals surface area contributed by atoms with Gasteiger partial charge in [0.15, 0.2) is 17.4 Å². The van der Waals surface area contributed by atoms with Gasteiger partial charge in [-0.25, -0.2) is 8.78 Å². The van der Waals surface area contributed by atoms with Crippen molar-refractivity contribution in [1.82, 2.24) is 9.80 Å². The van der Waals surface area contributed by atoms with E-state index in [0.717, 1.165) is 12.8 Å². The molecule has 2 amide bonds. The highest BCUT2D eigenvalue weighted by Gasteiger charge is 2.34. The number of amides is 2. The summed E-state index contributed by atoms with van der Waals surface area (Å²) in [6.45, 7) is 1.17. The molecular weight excluding hydrogens is 325 g/mol. The van der Waals surface area contributed by atoms with Gasteiger partial charge in [-0.05, 0) is 25.3 Å². The molecule has 0 aromatic heterocycles. The molecule has 2 aliphatic heterocycles. The minimum atomic E-state index is -1.72. The number of hydrogen-bond donors (Lipinski definition) is 1. The Labute approximate surface area is 136 Å². The molecule has 1 atom stereocenters. The molecule has 2 heterocycles. The van der Waals surface area contributed by atoms with Gasteiger partial charge >= 0.3 is 0 Å². The summed E-state index contributed by atoms with van der Waals surface area (Å²) in [5.74, 6) is -6.97. The molecular formula is C16H17F3N2O3. The summed E-state index contributed by atoms with van der Waals surface area (Å²) in [4.78, 5) is 27.3. The number of piperidine rings is 1. The minimum absolute atomic E-state index is 0.0333. The number of likely N-dealkylation sites (tertiary alicyclic amines) is 2. The van der Waals surface area contributed by atoms with Crippen molar-refractivity contribution < 1.29 is 27.9 Å². The van der Waals surface area contributed by atoms with Crippen LogP contribution in [-0.4, -0.2) is 52.4 Å². The Morgan fingerprint density at radius 1 is 1.17 bits per heavy atom. The van der Waals surface area contributed by atoms with Gasteiger partial charge in [0, 0.05) is 32.1 Å². The Kier molecular flexibility index (Phi) is 4.38. The number of benzene rings is 1. The van der Waals surface area contributed by atoms with Crippen LogP contribution < -0.4 is 0 Å². The second-order valence-corrected chi connectivity index (χ2v) is 6.12. The second kappa shape index (κ2) is 6.33. The standard InChI is InChI=1S/C16H17F3N2O3/c17-11-7-10(13(18)15(23)14(11)19)16(24)20-5-1-3-9(8-20)21-6-2-4-12(21)22/h7,9,23H,1-6,8H2. The first-order valence-electron chi connectivity index (χ1n) is 7.85. The van der Waals surface area contributed by atoms with Gasteiger partial charge in [0.1, 0.15) is 0 Å². The van der Waals surface area contributed by atoms with E-state index in [0.29, 0.717) is 32.0 Å². The van der Waals surface area contributed by atoms with Crippen LogP contribution in [0.15, 0.2) is 6.07 Å². The summed E-state index contributed by atoms with van der Waals surface area (Å²) in [6.07, 6.45) is 2.61. The van der Waals surface area contributed by atoms with Crippen molar-refractivity contribution in [3.05, 3.63) is 29.1 Å². The number of rotatable bonds is 2. The van der Waals surface area contributed by atoms with Gasteiger partial charge in [-0.2, -0.15) is 4.39 Å². The summed E-state index contributed by atoms with van der Waals surface area (Å²) in [5, 5.41) is 9.26. The third-order valence-corrected chi connectivity index (χ3v) is 4.60. The highest BCUT2D eigenvalue weighted by atomic mass is 19.2. The van der Waals surface area contributed by atoms with Crippen LogP contribution in [0.3, 0.4) is 0 Å². The maximum Gasteiger partial charge on any atom is 0.257 e. The van der Waals surface area contributed by atoms with Crippen LogP contribution in [0, 0.1) is 17.5 Å². The summed E-state index contributed by atoms with van der Waals surface area (Å²) in [6, 6.07) is 0.303.